The van der Waals surface area contributed by atoms with Gasteiger partial charge < -0.3 is 20.3 Å². The van der Waals surface area contributed by atoms with E-state index in [1.54, 1.807) is 18.5 Å². The molecule has 0 radical (unpaired) electrons. The van der Waals surface area contributed by atoms with Gasteiger partial charge in [0.15, 0.2) is 5.82 Å². The molecule has 168 valence electrons. The van der Waals surface area contributed by atoms with Crippen molar-refractivity contribution in [2.75, 3.05) is 23.3 Å². The maximum Gasteiger partial charge on any atom is 0.407 e. The zero-order valence-electron chi connectivity index (χ0n) is 18.3. The summed E-state index contributed by atoms with van der Waals surface area (Å²) in [7, 11) is 0. The normalized spacial score (nSPS) is 19.1. The van der Waals surface area contributed by atoms with Gasteiger partial charge in [-0.15, -0.1) is 0 Å². The van der Waals surface area contributed by atoms with Crippen molar-refractivity contribution < 1.29 is 13.9 Å². The summed E-state index contributed by atoms with van der Waals surface area (Å²) in [6.45, 7) is 9.70. The van der Waals surface area contributed by atoms with E-state index in [2.05, 4.69) is 48.4 Å². The number of halogens is 2. The first-order chi connectivity index (χ1) is 14.6. The van der Waals surface area contributed by atoms with E-state index in [0.717, 1.165) is 24.3 Å². The predicted octanol–water partition coefficient (Wildman–Crippen LogP) is 4.73. The minimum atomic E-state index is -0.532. The molecule has 2 N–H and O–H groups in total. The molecule has 3 rings (SSSR count). The number of alkyl carbamates (subject to hydrolysis) is 1. The van der Waals surface area contributed by atoms with Crippen LogP contribution in [0.5, 0.6) is 0 Å². The summed E-state index contributed by atoms with van der Waals surface area (Å²) in [5, 5.41) is 6.36. The summed E-state index contributed by atoms with van der Waals surface area (Å²) in [6.07, 6.45) is 4.01. The maximum atomic E-state index is 13.4. The largest absolute Gasteiger partial charge is 0.444 e. The van der Waals surface area contributed by atoms with Crippen LogP contribution in [0.15, 0.2) is 35.2 Å². The van der Waals surface area contributed by atoms with Crippen LogP contribution in [0.1, 0.15) is 39.8 Å². The number of nitrogens with one attached hydrogen (secondary N) is 2. The second-order valence-electron chi connectivity index (χ2n) is 8.91. The van der Waals surface area contributed by atoms with Crippen molar-refractivity contribution in [3.63, 3.8) is 0 Å². The number of rotatable bonds is 5. The summed E-state index contributed by atoms with van der Waals surface area (Å²) >= 11 is 3.12. The molecule has 0 spiro atoms. The second-order valence-corrected chi connectivity index (χ2v) is 9.66. The molecule has 2 aromatic rings. The van der Waals surface area contributed by atoms with Gasteiger partial charge in [-0.25, -0.2) is 14.2 Å². The van der Waals surface area contributed by atoms with E-state index < -0.39 is 17.5 Å². The highest BCUT2D eigenvalue weighted by atomic mass is 79.9. The molecule has 2 aromatic heterocycles. The van der Waals surface area contributed by atoms with E-state index in [9.17, 15) is 9.18 Å². The average Bonchev–Trinajstić information content (AvgIpc) is 2.67. The topological polar surface area (TPSA) is 79.4 Å². The first-order valence-electron chi connectivity index (χ1n) is 10.3. The van der Waals surface area contributed by atoms with Gasteiger partial charge in [-0.05, 0) is 67.2 Å². The molecule has 1 aliphatic rings. The Morgan fingerprint density at radius 3 is 2.81 bits per heavy atom. The smallest absolute Gasteiger partial charge is 0.407 e. The van der Waals surface area contributed by atoms with Crippen LogP contribution in [0, 0.1) is 11.7 Å². The summed E-state index contributed by atoms with van der Waals surface area (Å²) in [5.41, 5.74) is 2.03. The maximum absolute atomic E-state index is 13.4. The monoisotopic (exact) mass is 493 g/mol. The van der Waals surface area contributed by atoms with E-state index in [4.69, 9.17) is 4.74 Å². The number of piperidine rings is 1. The van der Waals surface area contributed by atoms with Gasteiger partial charge in [0.1, 0.15) is 10.2 Å². The second kappa shape index (κ2) is 9.80. The van der Waals surface area contributed by atoms with Gasteiger partial charge in [-0.1, -0.05) is 6.92 Å². The molecule has 0 unspecified atom stereocenters. The number of hydrogen-bond donors (Lipinski definition) is 2. The molecule has 0 aliphatic carbocycles. The van der Waals surface area contributed by atoms with Crippen molar-refractivity contribution >= 4 is 33.4 Å². The molecule has 0 aromatic carbocycles. The minimum absolute atomic E-state index is 0.0191. The Balaban J connectivity index is 1.69. The molecule has 2 atom stereocenters. The van der Waals surface area contributed by atoms with E-state index in [0.29, 0.717) is 24.7 Å². The summed E-state index contributed by atoms with van der Waals surface area (Å²) < 4.78 is 19.0. The van der Waals surface area contributed by atoms with Crippen LogP contribution in [0.2, 0.25) is 0 Å². The lowest BCUT2D eigenvalue weighted by molar-refractivity contribution is 0.0495. The van der Waals surface area contributed by atoms with Crippen molar-refractivity contribution in [1.82, 2.24) is 15.3 Å². The van der Waals surface area contributed by atoms with Crippen molar-refractivity contribution in [2.45, 2.75) is 52.3 Å². The summed E-state index contributed by atoms with van der Waals surface area (Å²) in [6, 6.07) is 4.97. The van der Waals surface area contributed by atoms with Crippen LogP contribution in [0.4, 0.5) is 20.6 Å². The number of ether oxygens (including phenoxy) is 1. The molecular formula is C22H29BrFN5O2. The van der Waals surface area contributed by atoms with Crippen molar-refractivity contribution in [3.8, 4) is 0 Å². The number of amides is 1. The zero-order chi connectivity index (χ0) is 22.6. The summed E-state index contributed by atoms with van der Waals surface area (Å²) in [5.74, 6) is 0.000993. The van der Waals surface area contributed by atoms with Crippen LogP contribution in [0.25, 0.3) is 0 Å². The van der Waals surface area contributed by atoms with Crippen LogP contribution in [-0.4, -0.2) is 40.8 Å². The van der Waals surface area contributed by atoms with Crippen molar-refractivity contribution in [3.05, 3.63) is 46.7 Å². The fourth-order valence-electron chi connectivity index (χ4n) is 3.67. The van der Waals surface area contributed by atoms with Gasteiger partial charge in [0.25, 0.3) is 0 Å². The molecule has 1 amide bonds. The number of nitrogens with zero attached hydrogens (tertiary/aromatic N) is 3. The Labute approximate surface area is 190 Å². The molecule has 0 bridgehead atoms. The standard InChI is InChI=1S/C22H29BrFN5O2/c1-14-9-16(28-21(30)31-22(2,3)4)13-29(12-14)19-7-8-25-11-18(19)26-10-15-5-6-17(24)20(23)27-15/h5-8,11,14,16,26H,9-10,12-13H2,1-4H3,(H,28,30)/t14-,16+/m1/s1. The lowest BCUT2D eigenvalue weighted by atomic mass is 9.95. The van der Waals surface area contributed by atoms with E-state index in [1.165, 1.54) is 6.07 Å². The first-order valence-corrected chi connectivity index (χ1v) is 11.1. The van der Waals surface area contributed by atoms with Crippen LogP contribution in [-0.2, 0) is 11.3 Å². The Morgan fingerprint density at radius 2 is 2.10 bits per heavy atom. The Kier molecular flexibility index (Phi) is 7.35. The number of aromatic nitrogens is 2. The number of carbonyl (C=O) groups excluding carboxylic acids is 1. The summed E-state index contributed by atoms with van der Waals surface area (Å²) in [4.78, 5) is 22.9. The van der Waals surface area contributed by atoms with Gasteiger partial charge in [0.2, 0.25) is 0 Å². The van der Waals surface area contributed by atoms with Gasteiger partial charge in [-0.3, -0.25) is 4.98 Å². The Morgan fingerprint density at radius 1 is 1.32 bits per heavy atom. The van der Waals surface area contributed by atoms with Gasteiger partial charge in [-0.2, -0.15) is 0 Å². The lowest BCUT2D eigenvalue weighted by Crippen LogP contribution is -2.51. The predicted molar refractivity (Wildman–Crippen MR) is 123 cm³/mol. The van der Waals surface area contributed by atoms with Crippen LogP contribution >= 0.6 is 15.9 Å². The fourth-order valence-corrected chi connectivity index (χ4v) is 4.03. The molecule has 0 saturated carbocycles. The quantitative estimate of drug-likeness (QED) is 0.586. The molecule has 31 heavy (non-hydrogen) atoms. The zero-order valence-corrected chi connectivity index (χ0v) is 19.9. The van der Waals surface area contributed by atoms with Gasteiger partial charge >= 0.3 is 6.09 Å². The van der Waals surface area contributed by atoms with Crippen molar-refractivity contribution in [1.29, 1.82) is 0 Å². The Bertz CT molecular complexity index is 921. The molecule has 1 saturated heterocycles. The van der Waals surface area contributed by atoms with Gasteiger partial charge in [0.05, 0.1) is 29.8 Å². The molecule has 3 heterocycles. The Hall–Kier alpha value is -2.42. The van der Waals surface area contributed by atoms with Crippen LogP contribution < -0.4 is 15.5 Å². The molecule has 1 aliphatic heterocycles. The highest BCUT2D eigenvalue weighted by molar-refractivity contribution is 9.10. The third-order valence-electron chi connectivity index (χ3n) is 4.84. The van der Waals surface area contributed by atoms with E-state index >= 15 is 0 Å². The van der Waals surface area contributed by atoms with Crippen LogP contribution in [0.3, 0.4) is 0 Å². The number of anilines is 2. The minimum Gasteiger partial charge on any atom is -0.444 e. The highest BCUT2D eigenvalue weighted by Crippen LogP contribution is 2.30. The highest BCUT2D eigenvalue weighted by Gasteiger charge is 2.28. The number of pyridine rings is 2. The molecule has 7 nitrogen and oxygen atoms in total. The SMILES string of the molecule is C[C@@H]1C[C@H](NC(=O)OC(C)(C)C)CN(c2ccncc2NCc2ccc(F)c(Br)n2)C1. The van der Waals surface area contributed by atoms with Gasteiger partial charge in [0, 0.05) is 25.3 Å². The third kappa shape index (κ3) is 6.78. The molecule has 9 heteroatoms. The lowest BCUT2D eigenvalue weighted by Gasteiger charge is -2.39. The number of carbonyl (C=O) groups is 1. The average molecular weight is 494 g/mol. The van der Waals surface area contributed by atoms with Crippen molar-refractivity contribution in [2.24, 2.45) is 5.92 Å². The first kappa shape index (κ1) is 23.2. The fraction of sp³-hybridized carbons (Fsp3) is 0.500. The molecular weight excluding hydrogens is 465 g/mol. The van der Waals surface area contributed by atoms with E-state index in [-0.39, 0.29) is 10.6 Å². The molecule has 1 fully saturated rings. The third-order valence-corrected chi connectivity index (χ3v) is 5.40. The van der Waals surface area contributed by atoms with E-state index in [1.807, 2.05) is 26.8 Å². The number of hydrogen-bond acceptors (Lipinski definition) is 6.